The van der Waals surface area contributed by atoms with Crippen molar-refractivity contribution in [2.24, 2.45) is 0 Å². The summed E-state index contributed by atoms with van der Waals surface area (Å²) in [4.78, 5) is 25.5. The predicted molar refractivity (Wildman–Crippen MR) is 109 cm³/mol. The maximum atomic E-state index is 13.0. The van der Waals surface area contributed by atoms with E-state index < -0.39 is 0 Å². The molecule has 3 aromatic carbocycles. The second-order valence-electron chi connectivity index (χ2n) is 6.52. The van der Waals surface area contributed by atoms with E-state index in [-0.39, 0.29) is 23.8 Å². The third-order valence-corrected chi connectivity index (χ3v) is 4.95. The summed E-state index contributed by atoms with van der Waals surface area (Å²) < 4.78 is 10.2. The van der Waals surface area contributed by atoms with Crippen LogP contribution in [0.15, 0.2) is 54.6 Å². The molecule has 0 bridgehead atoms. The van der Waals surface area contributed by atoms with Gasteiger partial charge in [-0.05, 0) is 17.2 Å². The molecule has 142 valence electrons. The molecule has 7 nitrogen and oxygen atoms in total. The van der Waals surface area contributed by atoms with E-state index in [9.17, 15) is 4.79 Å². The SMILES string of the molecule is COc1nc(Nc2ccc3c4c(cccc24)C(=O)c2ccccc2-3)nc(OC)n1. The van der Waals surface area contributed by atoms with Gasteiger partial charge in [0.2, 0.25) is 5.95 Å². The monoisotopic (exact) mass is 384 g/mol. The fraction of sp³-hybridized carbons (Fsp3) is 0.0909. The summed E-state index contributed by atoms with van der Waals surface area (Å²) in [5.74, 6) is 0.316. The third-order valence-electron chi connectivity index (χ3n) is 4.95. The summed E-state index contributed by atoms with van der Waals surface area (Å²) >= 11 is 0. The number of carbonyl (C=O) groups excluding carboxylic acids is 1. The molecule has 0 amide bonds. The first-order valence-corrected chi connectivity index (χ1v) is 9.00. The van der Waals surface area contributed by atoms with E-state index >= 15 is 0 Å². The normalized spacial score (nSPS) is 11.9. The van der Waals surface area contributed by atoms with Crippen LogP contribution in [0.5, 0.6) is 12.0 Å². The molecule has 0 radical (unpaired) electrons. The van der Waals surface area contributed by atoms with Gasteiger partial charge >= 0.3 is 12.0 Å². The van der Waals surface area contributed by atoms with E-state index in [1.165, 1.54) is 14.2 Å². The van der Waals surface area contributed by atoms with Crippen molar-refractivity contribution in [2.75, 3.05) is 19.5 Å². The van der Waals surface area contributed by atoms with Gasteiger partial charge in [0.1, 0.15) is 0 Å². The van der Waals surface area contributed by atoms with Crippen LogP contribution in [0, 0.1) is 0 Å². The van der Waals surface area contributed by atoms with Crippen molar-refractivity contribution in [3.8, 4) is 23.1 Å². The average Bonchev–Trinajstić information content (AvgIpc) is 2.77. The Morgan fingerprint density at radius 3 is 2.14 bits per heavy atom. The minimum Gasteiger partial charge on any atom is -0.467 e. The Bertz CT molecular complexity index is 1260. The number of fused-ring (bicyclic) bond motifs is 2. The van der Waals surface area contributed by atoms with Gasteiger partial charge in [0.25, 0.3) is 0 Å². The highest BCUT2D eigenvalue weighted by Gasteiger charge is 2.25. The summed E-state index contributed by atoms with van der Waals surface area (Å²) in [6.45, 7) is 0. The molecule has 5 rings (SSSR count). The Balaban J connectivity index is 1.69. The van der Waals surface area contributed by atoms with Crippen molar-refractivity contribution < 1.29 is 14.3 Å². The van der Waals surface area contributed by atoms with Gasteiger partial charge in [-0.3, -0.25) is 4.79 Å². The van der Waals surface area contributed by atoms with Crippen molar-refractivity contribution in [2.45, 2.75) is 0 Å². The standard InChI is InChI=1S/C22H16N4O3/c1-28-21-24-20(25-22(26-21)29-2)23-17-11-10-13-12-6-3-4-7-14(12)19(27)16-9-5-8-15(17)18(13)16/h3-11H,1-2H3,(H,23,24,25,26). The van der Waals surface area contributed by atoms with Crippen molar-refractivity contribution in [3.05, 3.63) is 65.7 Å². The quantitative estimate of drug-likeness (QED) is 0.501. The van der Waals surface area contributed by atoms with Gasteiger partial charge in [0, 0.05) is 27.6 Å². The van der Waals surface area contributed by atoms with Crippen LogP contribution >= 0.6 is 0 Å². The van der Waals surface area contributed by atoms with Gasteiger partial charge in [0.15, 0.2) is 5.78 Å². The van der Waals surface area contributed by atoms with Crippen LogP contribution in [0.3, 0.4) is 0 Å². The van der Waals surface area contributed by atoms with Gasteiger partial charge < -0.3 is 14.8 Å². The first-order chi connectivity index (χ1) is 14.2. The molecule has 1 aromatic heterocycles. The van der Waals surface area contributed by atoms with Crippen molar-refractivity contribution in [1.29, 1.82) is 0 Å². The molecule has 1 heterocycles. The Kier molecular flexibility index (Phi) is 3.87. The number of benzene rings is 3. The number of aromatic nitrogens is 3. The van der Waals surface area contributed by atoms with Crippen molar-refractivity contribution in [1.82, 2.24) is 15.0 Å². The number of hydrogen-bond acceptors (Lipinski definition) is 7. The zero-order chi connectivity index (χ0) is 20.0. The maximum Gasteiger partial charge on any atom is 0.324 e. The van der Waals surface area contributed by atoms with E-state index in [1.54, 1.807) is 0 Å². The van der Waals surface area contributed by atoms with Crippen LogP contribution in [0.25, 0.3) is 21.9 Å². The number of carbonyl (C=O) groups is 1. The molecule has 0 saturated carbocycles. The molecule has 1 N–H and O–H groups in total. The molecule has 0 atom stereocenters. The summed E-state index contributed by atoms with van der Waals surface area (Å²) in [5, 5.41) is 5.02. The predicted octanol–water partition coefficient (Wildman–Crippen LogP) is 4.00. The highest BCUT2D eigenvalue weighted by Crippen LogP contribution is 2.42. The number of methoxy groups -OCH3 is 2. The molecular formula is C22H16N4O3. The number of hydrogen-bond donors (Lipinski definition) is 1. The fourth-order valence-corrected chi connectivity index (χ4v) is 3.69. The number of ether oxygens (including phenoxy) is 2. The molecule has 0 saturated heterocycles. The highest BCUT2D eigenvalue weighted by molar-refractivity contribution is 6.27. The van der Waals surface area contributed by atoms with Crippen LogP contribution in [-0.2, 0) is 0 Å². The minimum atomic E-state index is 0.0272. The number of anilines is 2. The molecule has 29 heavy (non-hydrogen) atoms. The minimum absolute atomic E-state index is 0.0272. The molecule has 4 aromatic rings. The fourth-order valence-electron chi connectivity index (χ4n) is 3.69. The number of nitrogens with zero attached hydrogens (tertiary/aromatic N) is 3. The van der Waals surface area contributed by atoms with Crippen LogP contribution in [0.4, 0.5) is 11.6 Å². The lowest BCUT2D eigenvalue weighted by atomic mass is 9.82. The highest BCUT2D eigenvalue weighted by atomic mass is 16.5. The summed E-state index contributed by atoms with van der Waals surface area (Å²) in [6, 6.07) is 17.7. The van der Waals surface area contributed by atoms with Gasteiger partial charge in [-0.1, -0.05) is 48.5 Å². The van der Waals surface area contributed by atoms with Gasteiger partial charge in [-0.2, -0.15) is 9.97 Å². The molecule has 0 spiro atoms. The van der Waals surface area contributed by atoms with Crippen LogP contribution in [0.2, 0.25) is 0 Å². The first-order valence-electron chi connectivity index (χ1n) is 9.00. The van der Waals surface area contributed by atoms with E-state index in [0.29, 0.717) is 5.56 Å². The topological polar surface area (TPSA) is 86.2 Å². The van der Waals surface area contributed by atoms with Gasteiger partial charge in [0.05, 0.1) is 14.2 Å². The largest absolute Gasteiger partial charge is 0.467 e. The Morgan fingerprint density at radius 1 is 0.724 bits per heavy atom. The molecule has 1 aliphatic carbocycles. The van der Waals surface area contributed by atoms with Crippen LogP contribution in [0.1, 0.15) is 15.9 Å². The van der Waals surface area contributed by atoms with E-state index in [1.807, 2.05) is 54.6 Å². The number of rotatable bonds is 4. The molecule has 1 aliphatic rings. The Hall–Kier alpha value is -4.00. The molecular weight excluding hydrogens is 368 g/mol. The lowest BCUT2D eigenvalue weighted by Crippen LogP contribution is -2.10. The summed E-state index contributed by atoms with van der Waals surface area (Å²) in [5.41, 5.74) is 4.15. The van der Waals surface area contributed by atoms with Gasteiger partial charge in [-0.25, -0.2) is 0 Å². The first kappa shape index (κ1) is 17.1. The lowest BCUT2D eigenvalue weighted by Gasteiger charge is -2.21. The van der Waals surface area contributed by atoms with E-state index in [0.717, 1.165) is 33.2 Å². The van der Waals surface area contributed by atoms with Crippen LogP contribution < -0.4 is 14.8 Å². The molecule has 7 heteroatoms. The van der Waals surface area contributed by atoms with Crippen molar-refractivity contribution >= 4 is 28.2 Å². The summed E-state index contributed by atoms with van der Waals surface area (Å²) in [6.07, 6.45) is 0. The lowest BCUT2D eigenvalue weighted by molar-refractivity contribution is 0.104. The van der Waals surface area contributed by atoms with E-state index in [4.69, 9.17) is 9.47 Å². The second kappa shape index (κ2) is 6.56. The zero-order valence-electron chi connectivity index (χ0n) is 15.8. The average molecular weight is 384 g/mol. The second-order valence-corrected chi connectivity index (χ2v) is 6.52. The number of nitrogens with one attached hydrogen (secondary N) is 1. The smallest absolute Gasteiger partial charge is 0.324 e. The zero-order valence-corrected chi connectivity index (χ0v) is 15.8. The molecule has 0 unspecified atom stereocenters. The summed E-state index contributed by atoms with van der Waals surface area (Å²) in [7, 11) is 2.95. The van der Waals surface area contributed by atoms with Crippen LogP contribution in [-0.4, -0.2) is 35.0 Å². The van der Waals surface area contributed by atoms with Crippen molar-refractivity contribution in [3.63, 3.8) is 0 Å². The Morgan fingerprint density at radius 2 is 1.41 bits per heavy atom. The molecule has 0 aliphatic heterocycles. The molecule has 0 fully saturated rings. The van der Waals surface area contributed by atoms with Gasteiger partial charge in [-0.15, -0.1) is 4.98 Å². The van der Waals surface area contributed by atoms with E-state index in [2.05, 4.69) is 20.3 Å². The number of ketones is 1. The maximum absolute atomic E-state index is 13.0. The third kappa shape index (κ3) is 2.67. The Labute approximate surface area is 166 Å².